The quantitative estimate of drug-likeness (QED) is 0.426. The van der Waals surface area contributed by atoms with Crippen LogP contribution < -0.4 is 15.5 Å². The van der Waals surface area contributed by atoms with Crippen LogP contribution in [0.25, 0.3) is 11.4 Å². The number of aromatic nitrogens is 2. The first-order valence-electron chi connectivity index (χ1n) is 11.2. The van der Waals surface area contributed by atoms with Crippen molar-refractivity contribution in [3.05, 3.63) is 90.1 Å². The van der Waals surface area contributed by atoms with E-state index < -0.39 is 0 Å². The Morgan fingerprint density at radius 3 is 2.56 bits per heavy atom. The highest BCUT2D eigenvalue weighted by molar-refractivity contribution is 6.15. The number of anilines is 3. The third-order valence-corrected chi connectivity index (χ3v) is 5.57. The predicted octanol–water partition coefficient (Wildman–Crippen LogP) is 4.05. The summed E-state index contributed by atoms with van der Waals surface area (Å²) in [6.45, 7) is -0.0765. The Balaban J connectivity index is 1.18. The monoisotopic (exact) mass is 485 g/mol. The van der Waals surface area contributed by atoms with E-state index in [2.05, 4.69) is 20.8 Å². The van der Waals surface area contributed by atoms with Crippen molar-refractivity contribution in [1.82, 2.24) is 10.1 Å². The molecule has 0 radical (unpaired) electrons. The van der Waals surface area contributed by atoms with Crippen LogP contribution in [0.15, 0.2) is 77.3 Å². The van der Waals surface area contributed by atoms with E-state index >= 15 is 0 Å². The van der Waals surface area contributed by atoms with E-state index in [1.165, 1.54) is 17.0 Å². The fraction of sp³-hybridized carbons (Fsp3) is 0.115. The Hall–Kier alpha value is -4.86. The number of nitrogens with zero attached hydrogens (tertiary/aromatic N) is 3. The molecule has 0 unspecified atom stereocenters. The number of amides is 3. The van der Waals surface area contributed by atoms with E-state index in [1.807, 2.05) is 0 Å². The van der Waals surface area contributed by atoms with Crippen LogP contribution in [0.3, 0.4) is 0 Å². The Kier molecular flexibility index (Phi) is 6.23. The second-order valence-electron chi connectivity index (χ2n) is 8.10. The van der Waals surface area contributed by atoms with Crippen molar-refractivity contribution >= 4 is 34.8 Å². The summed E-state index contributed by atoms with van der Waals surface area (Å²) in [5.41, 5.74) is 2.72. The Bertz CT molecular complexity index is 1430. The summed E-state index contributed by atoms with van der Waals surface area (Å²) in [5, 5.41) is 9.38. The molecule has 36 heavy (non-hydrogen) atoms. The number of carbonyl (C=O) groups excluding carboxylic acids is 3. The summed E-state index contributed by atoms with van der Waals surface area (Å²) in [6.07, 6.45) is 0.332. The van der Waals surface area contributed by atoms with Crippen LogP contribution in [0.1, 0.15) is 22.7 Å². The molecule has 5 rings (SSSR count). The van der Waals surface area contributed by atoms with E-state index in [0.717, 1.165) is 0 Å². The molecule has 3 aromatic carbocycles. The van der Waals surface area contributed by atoms with Crippen LogP contribution in [-0.2, 0) is 16.0 Å². The van der Waals surface area contributed by atoms with Crippen molar-refractivity contribution in [2.45, 2.75) is 12.8 Å². The fourth-order valence-corrected chi connectivity index (χ4v) is 3.78. The lowest BCUT2D eigenvalue weighted by molar-refractivity contribution is -0.116. The molecule has 0 spiro atoms. The molecule has 3 amide bonds. The number of carbonyl (C=O) groups is 3. The average molecular weight is 485 g/mol. The minimum atomic E-state index is -0.360. The molecule has 1 aliphatic rings. The number of aryl methyl sites for hydroxylation is 1. The maximum absolute atomic E-state index is 13.1. The Morgan fingerprint density at radius 2 is 1.78 bits per heavy atom. The molecule has 0 saturated carbocycles. The maximum atomic E-state index is 13.1. The first kappa shape index (κ1) is 22.9. The lowest BCUT2D eigenvalue weighted by atomic mass is 10.1. The Labute approximate surface area is 204 Å². The van der Waals surface area contributed by atoms with Gasteiger partial charge in [-0.15, -0.1) is 0 Å². The predicted molar refractivity (Wildman–Crippen MR) is 130 cm³/mol. The molecule has 0 saturated heterocycles. The molecule has 9 nitrogen and oxygen atoms in total. The van der Waals surface area contributed by atoms with Gasteiger partial charge in [0.05, 0.1) is 11.4 Å². The van der Waals surface area contributed by atoms with Crippen LogP contribution in [0, 0.1) is 5.82 Å². The zero-order chi connectivity index (χ0) is 25.1. The van der Waals surface area contributed by atoms with Gasteiger partial charge in [-0.05, 0) is 60.7 Å². The summed E-state index contributed by atoms with van der Waals surface area (Å²) < 4.78 is 18.2. The van der Waals surface area contributed by atoms with E-state index in [4.69, 9.17) is 4.52 Å². The van der Waals surface area contributed by atoms with Crippen molar-refractivity contribution in [2.75, 3.05) is 22.1 Å². The summed E-state index contributed by atoms with van der Waals surface area (Å²) in [4.78, 5) is 43.1. The topological polar surface area (TPSA) is 117 Å². The average Bonchev–Trinajstić information content (AvgIpc) is 3.36. The molecule has 0 atom stereocenters. The summed E-state index contributed by atoms with van der Waals surface area (Å²) in [6, 6.07) is 19.2. The standard InChI is InChI=1S/C26H20FN5O4/c27-18-9-5-16(6-10-18)25-30-24(36-31-25)14-13-22(33)28-19-11-7-17(8-12-19)26(35)32-15-23(34)29-20-3-1-2-4-21(20)32/h1-12H,13-15H2,(H,28,33)(H,29,34). The number of halogens is 1. The van der Waals surface area contributed by atoms with Gasteiger partial charge in [-0.3, -0.25) is 19.3 Å². The first-order chi connectivity index (χ1) is 17.5. The minimum absolute atomic E-state index is 0.0765. The SMILES string of the molecule is O=C(CCc1nc(-c2ccc(F)cc2)no1)Nc1ccc(C(=O)N2CC(=O)Nc3ccccc32)cc1. The van der Waals surface area contributed by atoms with Crippen LogP contribution in [-0.4, -0.2) is 34.4 Å². The van der Waals surface area contributed by atoms with Gasteiger partial charge >= 0.3 is 0 Å². The minimum Gasteiger partial charge on any atom is -0.339 e. The number of rotatable bonds is 6. The summed E-state index contributed by atoms with van der Waals surface area (Å²) in [5.74, 6) is -0.603. The summed E-state index contributed by atoms with van der Waals surface area (Å²) >= 11 is 0. The number of hydrogen-bond donors (Lipinski definition) is 2. The highest BCUT2D eigenvalue weighted by atomic mass is 19.1. The van der Waals surface area contributed by atoms with Gasteiger partial charge in [-0.2, -0.15) is 4.98 Å². The van der Waals surface area contributed by atoms with Crippen LogP contribution in [0.5, 0.6) is 0 Å². The van der Waals surface area contributed by atoms with E-state index in [0.29, 0.717) is 34.0 Å². The van der Waals surface area contributed by atoms with E-state index in [-0.39, 0.29) is 48.8 Å². The van der Waals surface area contributed by atoms with E-state index in [1.54, 1.807) is 60.7 Å². The van der Waals surface area contributed by atoms with Gasteiger partial charge in [0.1, 0.15) is 12.4 Å². The molecule has 180 valence electrons. The largest absolute Gasteiger partial charge is 0.339 e. The third kappa shape index (κ3) is 4.97. The number of para-hydroxylation sites is 2. The van der Waals surface area contributed by atoms with Gasteiger partial charge in [-0.25, -0.2) is 4.39 Å². The number of fused-ring (bicyclic) bond motifs is 1. The zero-order valence-corrected chi connectivity index (χ0v) is 18.9. The van der Waals surface area contributed by atoms with Crippen molar-refractivity contribution in [3.8, 4) is 11.4 Å². The second kappa shape index (κ2) is 9.79. The number of nitrogens with one attached hydrogen (secondary N) is 2. The molecular weight excluding hydrogens is 465 g/mol. The van der Waals surface area contributed by atoms with E-state index in [9.17, 15) is 18.8 Å². The first-order valence-corrected chi connectivity index (χ1v) is 11.2. The van der Waals surface area contributed by atoms with Crippen molar-refractivity contribution in [2.24, 2.45) is 0 Å². The normalized spacial score (nSPS) is 12.6. The number of hydrogen-bond acceptors (Lipinski definition) is 6. The lowest BCUT2D eigenvalue weighted by Crippen LogP contribution is -2.42. The highest BCUT2D eigenvalue weighted by Gasteiger charge is 2.27. The zero-order valence-electron chi connectivity index (χ0n) is 18.9. The fourth-order valence-electron chi connectivity index (χ4n) is 3.78. The molecule has 2 heterocycles. The van der Waals surface area contributed by atoms with Crippen molar-refractivity contribution in [1.29, 1.82) is 0 Å². The van der Waals surface area contributed by atoms with Gasteiger partial charge in [0.25, 0.3) is 5.91 Å². The highest BCUT2D eigenvalue weighted by Crippen LogP contribution is 2.30. The molecule has 1 aromatic heterocycles. The third-order valence-electron chi connectivity index (χ3n) is 5.57. The molecule has 0 bridgehead atoms. The molecule has 1 aliphatic heterocycles. The molecule has 10 heteroatoms. The maximum Gasteiger partial charge on any atom is 0.258 e. The van der Waals surface area contributed by atoms with Gasteiger partial charge < -0.3 is 15.2 Å². The molecule has 4 aromatic rings. The van der Waals surface area contributed by atoms with Gasteiger partial charge in [-0.1, -0.05) is 17.3 Å². The van der Waals surface area contributed by atoms with Gasteiger partial charge in [0.2, 0.25) is 23.5 Å². The molecule has 0 aliphatic carbocycles. The second-order valence-corrected chi connectivity index (χ2v) is 8.10. The van der Waals surface area contributed by atoms with Gasteiger partial charge in [0.15, 0.2) is 0 Å². The molecule has 0 fully saturated rings. The summed E-state index contributed by atoms with van der Waals surface area (Å²) in [7, 11) is 0. The Morgan fingerprint density at radius 1 is 1.03 bits per heavy atom. The number of benzene rings is 3. The van der Waals surface area contributed by atoms with Crippen LogP contribution >= 0.6 is 0 Å². The van der Waals surface area contributed by atoms with Gasteiger partial charge in [0, 0.05) is 29.7 Å². The van der Waals surface area contributed by atoms with Crippen LogP contribution in [0.4, 0.5) is 21.5 Å². The molecular formula is C26H20FN5O4. The lowest BCUT2D eigenvalue weighted by Gasteiger charge is -2.29. The van der Waals surface area contributed by atoms with Crippen molar-refractivity contribution in [3.63, 3.8) is 0 Å². The van der Waals surface area contributed by atoms with Crippen molar-refractivity contribution < 1.29 is 23.3 Å². The smallest absolute Gasteiger partial charge is 0.258 e. The molecule has 2 N–H and O–H groups in total. The van der Waals surface area contributed by atoms with Crippen LogP contribution in [0.2, 0.25) is 0 Å².